The topological polar surface area (TPSA) is 67.4 Å². The fourth-order valence-corrected chi connectivity index (χ4v) is 5.21. The van der Waals surface area contributed by atoms with Crippen LogP contribution in [0.15, 0.2) is 23.8 Å². The highest BCUT2D eigenvalue weighted by molar-refractivity contribution is 7.20. The summed E-state index contributed by atoms with van der Waals surface area (Å²) in [6, 6.07) is 4.05. The van der Waals surface area contributed by atoms with Crippen LogP contribution >= 0.6 is 22.7 Å². The number of rotatable bonds is 6. The molecule has 1 saturated heterocycles. The Morgan fingerprint density at radius 1 is 1.44 bits per heavy atom. The fraction of sp³-hybridized carbons (Fsp3) is 0.421. The van der Waals surface area contributed by atoms with Crippen LogP contribution < -0.4 is 5.32 Å². The average Bonchev–Trinajstić information content (AvgIpc) is 3.41. The summed E-state index contributed by atoms with van der Waals surface area (Å²) < 4.78 is 5.68. The molecule has 0 aliphatic carbocycles. The van der Waals surface area contributed by atoms with Gasteiger partial charge in [-0.2, -0.15) is 0 Å². The maximum Gasteiger partial charge on any atom is 0.264 e. The first-order chi connectivity index (χ1) is 13.1. The number of aromatic nitrogens is 2. The van der Waals surface area contributed by atoms with E-state index in [9.17, 15) is 4.79 Å². The lowest BCUT2D eigenvalue weighted by atomic mass is 10.2. The third-order valence-electron chi connectivity index (χ3n) is 4.76. The number of hydrogen-bond acceptors (Lipinski definition) is 7. The van der Waals surface area contributed by atoms with Crippen molar-refractivity contribution < 1.29 is 9.53 Å². The molecular weight excluding hydrogens is 380 g/mol. The minimum Gasteiger partial charge on any atom is -0.376 e. The number of amides is 1. The molecule has 0 spiro atoms. The second-order valence-electron chi connectivity index (χ2n) is 6.72. The van der Waals surface area contributed by atoms with E-state index < -0.39 is 0 Å². The Hall–Kier alpha value is -2.03. The van der Waals surface area contributed by atoms with Gasteiger partial charge in [0.15, 0.2) is 0 Å². The molecule has 27 heavy (non-hydrogen) atoms. The van der Waals surface area contributed by atoms with Crippen LogP contribution in [0.2, 0.25) is 0 Å². The summed E-state index contributed by atoms with van der Waals surface area (Å²) >= 11 is 3.09. The van der Waals surface area contributed by atoms with Gasteiger partial charge in [-0.15, -0.1) is 22.7 Å². The van der Waals surface area contributed by atoms with Crippen LogP contribution in [0.1, 0.15) is 33.0 Å². The van der Waals surface area contributed by atoms with E-state index in [-0.39, 0.29) is 12.0 Å². The molecule has 4 rings (SSSR count). The first-order valence-corrected chi connectivity index (χ1v) is 10.7. The molecule has 0 bridgehead atoms. The van der Waals surface area contributed by atoms with Gasteiger partial charge >= 0.3 is 0 Å². The Balaban J connectivity index is 1.57. The van der Waals surface area contributed by atoms with E-state index >= 15 is 0 Å². The molecule has 3 aromatic heterocycles. The number of aryl methyl sites for hydroxylation is 1. The summed E-state index contributed by atoms with van der Waals surface area (Å²) in [6.07, 6.45) is 3.96. The molecule has 1 aliphatic heterocycles. The van der Waals surface area contributed by atoms with Gasteiger partial charge in [0.25, 0.3) is 5.91 Å². The van der Waals surface area contributed by atoms with E-state index in [2.05, 4.69) is 15.3 Å². The first-order valence-electron chi connectivity index (χ1n) is 9.01. The number of carbonyl (C=O) groups excluding carboxylic acids is 1. The summed E-state index contributed by atoms with van der Waals surface area (Å²) in [6.45, 7) is 4.15. The lowest BCUT2D eigenvalue weighted by Crippen LogP contribution is -2.25. The van der Waals surface area contributed by atoms with Crippen molar-refractivity contribution in [2.24, 2.45) is 0 Å². The molecule has 142 valence electrons. The van der Waals surface area contributed by atoms with E-state index in [4.69, 9.17) is 4.74 Å². The summed E-state index contributed by atoms with van der Waals surface area (Å²) in [5, 5.41) is 6.36. The Morgan fingerprint density at radius 2 is 2.33 bits per heavy atom. The first kappa shape index (κ1) is 18.3. The van der Waals surface area contributed by atoms with Gasteiger partial charge in [0, 0.05) is 25.1 Å². The van der Waals surface area contributed by atoms with Crippen molar-refractivity contribution >= 4 is 44.6 Å². The third-order valence-corrected chi connectivity index (χ3v) is 6.81. The Kier molecular flexibility index (Phi) is 5.38. The van der Waals surface area contributed by atoms with Crippen molar-refractivity contribution in [2.75, 3.05) is 25.5 Å². The summed E-state index contributed by atoms with van der Waals surface area (Å²) in [4.78, 5) is 26.3. The third kappa shape index (κ3) is 3.83. The van der Waals surface area contributed by atoms with Gasteiger partial charge in [-0.05, 0) is 36.8 Å². The predicted molar refractivity (Wildman–Crippen MR) is 110 cm³/mol. The molecule has 1 fully saturated rings. The van der Waals surface area contributed by atoms with Gasteiger partial charge in [-0.25, -0.2) is 9.97 Å². The minimum atomic E-state index is 0.0222. The van der Waals surface area contributed by atoms with Gasteiger partial charge in [0.1, 0.15) is 17.0 Å². The molecule has 1 N–H and O–H groups in total. The SMILES string of the molecule is Cc1c(C(=O)N(C)Cc2cccs2)sc2ncnc(NC[C@@H]3CCCO3)c12. The molecule has 1 aliphatic rings. The Bertz CT molecular complexity index is 933. The number of hydrogen-bond donors (Lipinski definition) is 1. The number of anilines is 1. The fourth-order valence-electron chi connectivity index (χ4n) is 3.31. The number of ether oxygens (including phenoxy) is 1. The Labute approximate surface area is 166 Å². The highest BCUT2D eigenvalue weighted by atomic mass is 32.1. The number of thiophene rings is 2. The minimum absolute atomic E-state index is 0.0222. The molecular formula is C19H22N4O2S2. The van der Waals surface area contributed by atoms with Crippen LogP contribution in [-0.4, -0.2) is 47.1 Å². The van der Waals surface area contributed by atoms with Crippen LogP contribution in [-0.2, 0) is 11.3 Å². The maximum atomic E-state index is 13.0. The predicted octanol–water partition coefficient (Wildman–Crippen LogP) is 3.92. The molecule has 1 atom stereocenters. The number of fused-ring (bicyclic) bond motifs is 1. The normalized spacial score (nSPS) is 16.7. The van der Waals surface area contributed by atoms with Crippen molar-refractivity contribution in [1.82, 2.24) is 14.9 Å². The second kappa shape index (κ2) is 7.92. The van der Waals surface area contributed by atoms with E-state index in [1.54, 1.807) is 22.6 Å². The van der Waals surface area contributed by atoms with Gasteiger partial charge < -0.3 is 15.0 Å². The number of nitrogens with zero attached hydrogens (tertiary/aromatic N) is 3. The van der Waals surface area contributed by atoms with E-state index in [1.807, 2.05) is 31.5 Å². The maximum absolute atomic E-state index is 13.0. The van der Waals surface area contributed by atoms with Crippen LogP contribution in [0, 0.1) is 6.92 Å². The molecule has 4 heterocycles. The van der Waals surface area contributed by atoms with Crippen LogP contribution in [0.25, 0.3) is 10.2 Å². The summed E-state index contributed by atoms with van der Waals surface area (Å²) in [5.41, 5.74) is 0.938. The molecule has 0 radical (unpaired) electrons. The van der Waals surface area contributed by atoms with Crippen LogP contribution in [0.5, 0.6) is 0 Å². The second-order valence-corrected chi connectivity index (χ2v) is 8.75. The molecule has 6 nitrogen and oxygen atoms in total. The summed E-state index contributed by atoms with van der Waals surface area (Å²) in [5.74, 6) is 0.804. The lowest BCUT2D eigenvalue weighted by Gasteiger charge is -2.15. The van der Waals surface area contributed by atoms with Crippen molar-refractivity contribution in [3.05, 3.63) is 39.2 Å². The van der Waals surface area contributed by atoms with Crippen LogP contribution in [0.3, 0.4) is 0 Å². The zero-order valence-corrected chi connectivity index (χ0v) is 17.0. The van der Waals surface area contributed by atoms with Gasteiger partial charge in [-0.3, -0.25) is 4.79 Å². The number of carbonyl (C=O) groups is 1. The molecule has 1 amide bonds. The monoisotopic (exact) mass is 402 g/mol. The molecule has 0 saturated carbocycles. The standard InChI is InChI=1S/C19H22N4O2S2/c1-12-15-17(20-9-13-5-3-7-25-13)21-11-22-18(15)27-16(12)19(24)23(2)10-14-6-4-8-26-14/h4,6,8,11,13H,3,5,7,9-10H2,1-2H3,(H,20,21,22)/t13-/m0/s1. The zero-order valence-electron chi connectivity index (χ0n) is 15.4. The van der Waals surface area contributed by atoms with Crippen molar-refractivity contribution in [1.29, 1.82) is 0 Å². The van der Waals surface area contributed by atoms with E-state index in [0.717, 1.165) is 52.5 Å². The van der Waals surface area contributed by atoms with Crippen molar-refractivity contribution in [3.63, 3.8) is 0 Å². The highest BCUT2D eigenvalue weighted by Gasteiger charge is 2.23. The molecule has 0 unspecified atom stereocenters. The van der Waals surface area contributed by atoms with Crippen molar-refractivity contribution in [2.45, 2.75) is 32.4 Å². The largest absolute Gasteiger partial charge is 0.376 e. The van der Waals surface area contributed by atoms with Gasteiger partial charge in [-0.1, -0.05) is 6.07 Å². The van der Waals surface area contributed by atoms with Gasteiger partial charge in [0.05, 0.1) is 22.9 Å². The average molecular weight is 403 g/mol. The number of nitrogens with one attached hydrogen (secondary N) is 1. The smallest absolute Gasteiger partial charge is 0.264 e. The lowest BCUT2D eigenvalue weighted by molar-refractivity contribution is 0.0790. The van der Waals surface area contributed by atoms with Crippen molar-refractivity contribution in [3.8, 4) is 0 Å². The van der Waals surface area contributed by atoms with Crippen LogP contribution in [0.4, 0.5) is 5.82 Å². The zero-order chi connectivity index (χ0) is 18.8. The van der Waals surface area contributed by atoms with E-state index in [1.165, 1.54) is 16.2 Å². The molecule has 3 aromatic rings. The molecule has 0 aromatic carbocycles. The molecule has 8 heteroatoms. The van der Waals surface area contributed by atoms with Gasteiger partial charge in [0.2, 0.25) is 0 Å². The highest BCUT2D eigenvalue weighted by Crippen LogP contribution is 2.34. The summed E-state index contributed by atoms with van der Waals surface area (Å²) in [7, 11) is 1.84. The quantitative estimate of drug-likeness (QED) is 0.677. The Morgan fingerprint density at radius 3 is 3.07 bits per heavy atom. The van der Waals surface area contributed by atoms with E-state index in [0.29, 0.717) is 6.54 Å².